The number of ether oxygens (including phenoxy) is 1. The molecule has 1 N–H and O–H groups in total. The lowest BCUT2D eigenvalue weighted by Crippen LogP contribution is -2.27. The van der Waals surface area contributed by atoms with E-state index >= 15 is 0 Å². The van der Waals surface area contributed by atoms with Crippen LogP contribution in [0.1, 0.15) is 19.4 Å². The van der Waals surface area contributed by atoms with Crippen molar-refractivity contribution in [2.75, 3.05) is 38.3 Å². The number of fused-ring (bicyclic) bond motifs is 1. The van der Waals surface area contributed by atoms with Gasteiger partial charge >= 0.3 is 0 Å². The molecule has 31 heavy (non-hydrogen) atoms. The topological polar surface area (TPSA) is 76.5 Å². The fourth-order valence-electron chi connectivity index (χ4n) is 3.38. The molecule has 10 heteroatoms. The first kappa shape index (κ1) is 23.8. The van der Waals surface area contributed by atoms with Crippen molar-refractivity contribution in [2.45, 2.75) is 25.3 Å². The lowest BCUT2D eigenvalue weighted by molar-refractivity contribution is 0.204. The third-order valence-electron chi connectivity index (χ3n) is 5.04. The van der Waals surface area contributed by atoms with Crippen molar-refractivity contribution in [3.8, 4) is 0 Å². The van der Waals surface area contributed by atoms with Crippen LogP contribution in [0.2, 0.25) is 10.0 Å². The van der Waals surface area contributed by atoms with Gasteiger partial charge in [-0.1, -0.05) is 29.3 Å². The van der Waals surface area contributed by atoms with E-state index in [-0.39, 0.29) is 11.4 Å². The van der Waals surface area contributed by atoms with Crippen LogP contribution in [0, 0.1) is 0 Å². The van der Waals surface area contributed by atoms with Gasteiger partial charge in [0.25, 0.3) is 0 Å². The van der Waals surface area contributed by atoms with E-state index in [1.165, 1.54) is 7.11 Å². The molecule has 7 nitrogen and oxygen atoms in total. The minimum absolute atomic E-state index is 0.180. The number of nitrogens with zero attached hydrogens (tertiary/aromatic N) is 3. The average molecular weight is 485 g/mol. The highest BCUT2D eigenvalue weighted by Crippen LogP contribution is 2.31. The number of hydrogen-bond acceptors (Lipinski definition) is 5. The summed E-state index contributed by atoms with van der Waals surface area (Å²) in [5, 5.41) is 6.66. The summed E-state index contributed by atoms with van der Waals surface area (Å²) in [6.07, 6.45) is 0. The highest BCUT2D eigenvalue weighted by atomic mass is 35.5. The van der Waals surface area contributed by atoms with E-state index in [1.807, 2.05) is 18.5 Å². The zero-order chi connectivity index (χ0) is 22.6. The molecule has 1 heterocycles. The zero-order valence-corrected chi connectivity index (χ0v) is 20.1. The van der Waals surface area contributed by atoms with Crippen LogP contribution in [0.4, 0.5) is 5.82 Å². The van der Waals surface area contributed by atoms with Crippen LogP contribution in [0.15, 0.2) is 41.3 Å². The second-order valence-corrected chi connectivity index (χ2v) is 9.50. The molecule has 0 aliphatic heterocycles. The Kier molecular flexibility index (Phi) is 7.82. The molecule has 0 radical (unpaired) electrons. The standard InChI is InChI=1S/C21H26Cl2N4O3S/c1-4-26(5-2)21-16-13-15(31(28,29)24-11-12-30-3)9-10-20(16)27(25-21)14-17-18(22)7-6-8-19(17)23/h6-10,13,24H,4-5,11-12,14H2,1-3H3. The van der Waals surface area contributed by atoms with Gasteiger partial charge in [0.15, 0.2) is 5.82 Å². The lowest BCUT2D eigenvalue weighted by Gasteiger charge is -2.18. The molecule has 0 saturated carbocycles. The Morgan fingerprint density at radius 2 is 1.81 bits per heavy atom. The maximum Gasteiger partial charge on any atom is 0.240 e. The predicted molar refractivity (Wildman–Crippen MR) is 126 cm³/mol. The van der Waals surface area contributed by atoms with Crippen LogP contribution < -0.4 is 9.62 Å². The number of hydrogen-bond donors (Lipinski definition) is 1. The van der Waals surface area contributed by atoms with E-state index in [2.05, 4.69) is 9.62 Å². The van der Waals surface area contributed by atoms with Crippen LogP contribution in [0.5, 0.6) is 0 Å². The monoisotopic (exact) mass is 484 g/mol. The predicted octanol–water partition coefficient (Wildman–Crippen LogP) is 4.16. The largest absolute Gasteiger partial charge is 0.383 e. The third-order valence-corrected chi connectivity index (χ3v) is 7.21. The Hall–Kier alpha value is -1.84. The summed E-state index contributed by atoms with van der Waals surface area (Å²) in [7, 11) is -2.15. The highest BCUT2D eigenvalue weighted by Gasteiger charge is 2.21. The number of nitrogens with one attached hydrogen (secondary N) is 1. The Labute approximate surface area is 192 Å². The summed E-state index contributed by atoms with van der Waals surface area (Å²) in [6, 6.07) is 10.4. The van der Waals surface area contributed by atoms with E-state index in [0.717, 1.165) is 35.4 Å². The number of aromatic nitrogens is 2. The Morgan fingerprint density at radius 3 is 2.42 bits per heavy atom. The Bertz CT molecular complexity index is 1140. The van der Waals surface area contributed by atoms with E-state index in [1.54, 1.807) is 36.4 Å². The van der Waals surface area contributed by atoms with E-state index < -0.39 is 10.0 Å². The molecule has 0 spiro atoms. The number of methoxy groups -OCH3 is 1. The molecule has 1 aromatic heterocycles. The highest BCUT2D eigenvalue weighted by molar-refractivity contribution is 7.89. The molecule has 0 aliphatic carbocycles. The molecule has 0 atom stereocenters. The van der Waals surface area contributed by atoms with Gasteiger partial charge in [-0.25, -0.2) is 13.1 Å². The number of anilines is 1. The summed E-state index contributed by atoms with van der Waals surface area (Å²) >= 11 is 12.7. The van der Waals surface area contributed by atoms with Gasteiger partial charge in [-0.05, 0) is 44.2 Å². The van der Waals surface area contributed by atoms with Gasteiger partial charge in [0.2, 0.25) is 10.0 Å². The van der Waals surface area contributed by atoms with Crippen molar-refractivity contribution in [1.29, 1.82) is 0 Å². The lowest BCUT2D eigenvalue weighted by atomic mass is 10.2. The molecule has 168 valence electrons. The molecule has 3 rings (SSSR count). The van der Waals surface area contributed by atoms with Crippen molar-refractivity contribution in [3.63, 3.8) is 0 Å². The smallest absolute Gasteiger partial charge is 0.240 e. The minimum atomic E-state index is -3.67. The van der Waals surface area contributed by atoms with Crippen molar-refractivity contribution in [3.05, 3.63) is 52.0 Å². The van der Waals surface area contributed by atoms with E-state index in [4.69, 9.17) is 33.0 Å². The van der Waals surface area contributed by atoms with Gasteiger partial charge in [0.1, 0.15) is 0 Å². The zero-order valence-electron chi connectivity index (χ0n) is 17.7. The van der Waals surface area contributed by atoms with Crippen molar-refractivity contribution < 1.29 is 13.2 Å². The molecule has 0 fully saturated rings. The van der Waals surface area contributed by atoms with Gasteiger partial charge in [-0.15, -0.1) is 0 Å². The van der Waals surface area contributed by atoms with Crippen LogP contribution in [-0.4, -0.2) is 51.5 Å². The van der Waals surface area contributed by atoms with E-state index in [0.29, 0.717) is 23.2 Å². The van der Waals surface area contributed by atoms with Crippen molar-refractivity contribution in [1.82, 2.24) is 14.5 Å². The number of sulfonamides is 1. The summed E-state index contributed by atoms with van der Waals surface area (Å²) in [5.41, 5.74) is 1.56. The summed E-state index contributed by atoms with van der Waals surface area (Å²) in [6.45, 7) is 6.40. The minimum Gasteiger partial charge on any atom is -0.383 e. The molecule has 2 aromatic carbocycles. The van der Waals surface area contributed by atoms with Crippen molar-refractivity contribution >= 4 is 49.9 Å². The normalized spacial score (nSPS) is 11.9. The van der Waals surface area contributed by atoms with Crippen LogP contribution >= 0.6 is 23.2 Å². The fourth-order valence-corrected chi connectivity index (χ4v) is 4.94. The molecular weight excluding hydrogens is 459 g/mol. The van der Waals surface area contributed by atoms with Gasteiger partial charge in [0, 0.05) is 47.7 Å². The SMILES string of the molecule is CCN(CC)c1nn(Cc2c(Cl)cccc2Cl)c2ccc(S(=O)(=O)NCCOC)cc12. The van der Waals surface area contributed by atoms with E-state index in [9.17, 15) is 8.42 Å². The molecule has 0 aliphatic rings. The second kappa shape index (κ2) is 10.2. The third kappa shape index (κ3) is 5.15. The Morgan fingerprint density at radius 1 is 1.13 bits per heavy atom. The molecule has 0 bridgehead atoms. The van der Waals surface area contributed by atoms with Crippen LogP contribution in [0.25, 0.3) is 10.9 Å². The second-order valence-electron chi connectivity index (χ2n) is 6.92. The molecule has 0 unspecified atom stereocenters. The van der Waals surface area contributed by atoms with Crippen molar-refractivity contribution in [2.24, 2.45) is 0 Å². The summed E-state index contributed by atoms with van der Waals surface area (Å²) in [5.74, 6) is 0.720. The number of rotatable bonds is 10. The number of benzene rings is 2. The van der Waals surface area contributed by atoms with Gasteiger partial charge < -0.3 is 9.64 Å². The first-order chi connectivity index (χ1) is 14.8. The summed E-state index contributed by atoms with van der Waals surface area (Å²) in [4.78, 5) is 2.27. The fraction of sp³-hybridized carbons (Fsp3) is 0.381. The average Bonchev–Trinajstić information content (AvgIpc) is 3.10. The maximum atomic E-state index is 12.7. The molecule has 3 aromatic rings. The molecular formula is C21H26Cl2N4O3S. The Balaban J connectivity index is 2.11. The first-order valence-corrected chi connectivity index (χ1v) is 12.2. The van der Waals surface area contributed by atoms with Crippen LogP contribution in [0.3, 0.4) is 0 Å². The van der Waals surface area contributed by atoms with Crippen LogP contribution in [-0.2, 0) is 21.3 Å². The van der Waals surface area contributed by atoms with Gasteiger partial charge in [-0.3, -0.25) is 4.68 Å². The number of halogens is 2. The molecule has 0 saturated heterocycles. The van der Waals surface area contributed by atoms with Gasteiger partial charge in [0.05, 0.1) is 23.6 Å². The molecule has 0 amide bonds. The summed E-state index contributed by atoms with van der Waals surface area (Å²) < 4.78 is 34.7. The first-order valence-electron chi connectivity index (χ1n) is 9.99. The maximum absolute atomic E-state index is 12.7. The quantitative estimate of drug-likeness (QED) is 0.437. The van der Waals surface area contributed by atoms with Gasteiger partial charge in [-0.2, -0.15) is 5.10 Å².